The van der Waals surface area contributed by atoms with E-state index in [1.165, 1.54) is 4.31 Å². The number of esters is 1. The van der Waals surface area contributed by atoms with Crippen molar-refractivity contribution in [2.75, 3.05) is 32.8 Å². The fraction of sp³-hybridized carbons (Fsp3) is 0.700. The SMILES string of the molecule is CCOC(=O)c1c(S(=O)(=O)N2CCCC(C(=O)N3CCCC3)C2)c(C)n(C)c1C. The average Bonchev–Trinajstić information content (AvgIpc) is 3.31. The number of carbonyl (C=O) groups is 2. The summed E-state index contributed by atoms with van der Waals surface area (Å²) in [6.45, 7) is 7.29. The molecule has 1 amide bonds. The predicted molar refractivity (Wildman–Crippen MR) is 108 cm³/mol. The van der Waals surface area contributed by atoms with Crippen molar-refractivity contribution in [1.82, 2.24) is 13.8 Å². The van der Waals surface area contributed by atoms with Crippen molar-refractivity contribution in [3.63, 3.8) is 0 Å². The van der Waals surface area contributed by atoms with Crippen molar-refractivity contribution in [2.45, 2.75) is 51.3 Å². The van der Waals surface area contributed by atoms with Gasteiger partial charge in [-0.05, 0) is 46.5 Å². The number of aromatic nitrogens is 1. The fourth-order valence-electron chi connectivity index (χ4n) is 4.36. The Morgan fingerprint density at radius 3 is 2.34 bits per heavy atom. The summed E-state index contributed by atoms with van der Waals surface area (Å²) >= 11 is 0. The Balaban J connectivity index is 1.93. The van der Waals surface area contributed by atoms with Crippen LogP contribution in [0.15, 0.2) is 4.90 Å². The first-order chi connectivity index (χ1) is 13.7. The van der Waals surface area contributed by atoms with Gasteiger partial charge in [-0.15, -0.1) is 0 Å². The first-order valence-electron chi connectivity index (χ1n) is 10.3. The third kappa shape index (κ3) is 3.94. The van der Waals surface area contributed by atoms with Gasteiger partial charge in [-0.2, -0.15) is 4.31 Å². The van der Waals surface area contributed by atoms with Crippen molar-refractivity contribution >= 4 is 21.9 Å². The van der Waals surface area contributed by atoms with Crippen molar-refractivity contribution in [3.8, 4) is 0 Å². The van der Waals surface area contributed by atoms with Crippen LogP contribution in [-0.4, -0.2) is 66.9 Å². The lowest BCUT2D eigenvalue weighted by Crippen LogP contribution is -2.46. The van der Waals surface area contributed by atoms with Crippen LogP contribution in [0, 0.1) is 19.8 Å². The highest BCUT2D eigenvalue weighted by Gasteiger charge is 2.40. The Bertz CT molecular complexity index is 900. The molecule has 0 bridgehead atoms. The van der Waals surface area contributed by atoms with Crippen molar-refractivity contribution < 1.29 is 22.7 Å². The first-order valence-corrected chi connectivity index (χ1v) is 11.8. The van der Waals surface area contributed by atoms with E-state index in [2.05, 4.69) is 0 Å². The van der Waals surface area contributed by atoms with Crippen molar-refractivity contribution in [2.24, 2.45) is 13.0 Å². The molecular formula is C20H31N3O5S. The standard InChI is InChI=1S/C20H31N3O5S/c1-5-28-20(25)17-14(2)21(4)15(3)18(17)29(26,27)23-12-8-9-16(13-23)19(24)22-10-6-7-11-22/h16H,5-13H2,1-4H3. The third-order valence-electron chi connectivity index (χ3n) is 6.15. The van der Waals surface area contributed by atoms with Gasteiger partial charge in [-0.25, -0.2) is 13.2 Å². The molecule has 0 spiro atoms. The minimum absolute atomic E-state index is 0.00483. The second-order valence-electron chi connectivity index (χ2n) is 7.89. The largest absolute Gasteiger partial charge is 0.462 e. The Morgan fingerprint density at radius 2 is 1.72 bits per heavy atom. The van der Waals surface area contributed by atoms with Crippen LogP contribution in [0.4, 0.5) is 0 Å². The number of carbonyl (C=O) groups excluding carboxylic acids is 2. The molecule has 0 N–H and O–H groups in total. The van der Waals surface area contributed by atoms with E-state index in [4.69, 9.17) is 4.74 Å². The molecule has 2 aliphatic heterocycles. The molecular weight excluding hydrogens is 394 g/mol. The van der Waals surface area contributed by atoms with Gasteiger partial charge in [0.2, 0.25) is 15.9 Å². The normalized spacial score (nSPS) is 20.8. The molecule has 1 aromatic rings. The number of hydrogen-bond acceptors (Lipinski definition) is 5. The molecule has 0 aliphatic carbocycles. The molecule has 0 radical (unpaired) electrons. The topological polar surface area (TPSA) is 88.9 Å². The highest BCUT2D eigenvalue weighted by atomic mass is 32.2. The van der Waals surface area contributed by atoms with Crippen LogP contribution in [0.25, 0.3) is 0 Å². The summed E-state index contributed by atoms with van der Waals surface area (Å²) in [5.74, 6) is -0.907. The first kappa shape index (κ1) is 21.8. The monoisotopic (exact) mass is 425 g/mol. The Hall–Kier alpha value is -1.87. The van der Waals surface area contributed by atoms with Gasteiger partial charge in [-0.1, -0.05) is 0 Å². The summed E-state index contributed by atoms with van der Waals surface area (Å²) in [5, 5.41) is 0. The van der Waals surface area contributed by atoms with Crippen LogP contribution in [0.1, 0.15) is 54.4 Å². The summed E-state index contributed by atoms with van der Waals surface area (Å²) in [6.07, 6.45) is 3.33. The van der Waals surface area contributed by atoms with Gasteiger partial charge in [0.05, 0.1) is 12.5 Å². The molecule has 9 heteroatoms. The molecule has 3 rings (SSSR count). The Kier molecular flexibility index (Phi) is 6.38. The summed E-state index contributed by atoms with van der Waals surface area (Å²) in [7, 11) is -2.20. The molecule has 1 unspecified atom stereocenters. The summed E-state index contributed by atoms with van der Waals surface area (Å²) in [5.41, 5.74) is 1.15. The molecule has 0 aromatic carbocycles. The van der Waals surface area contributed by atoms with E-state index in [0.29, 0.717) is 30.8 Å². The van der Waals surface area contributed by atoms with E-state index in [1.807, 2.05) is 4.90 Å². The Morgan fingerprint density at radius 1 is 1.07 bits per heavy atom. The van der Waals surface area contributed by atoms with E-state index in [-0.39, 0.29) is 35.4 Å². The molecule has 2 saturated heterocycles. The van der Waals surface area contributed by atoms with Gasteiger partial charge in [0.25, 0.3) is 0 Å². The molecule has 162 valence electrons. The van der Waals surface area contributed by atoms with Gasteiger partial charge in [0, 0.05) is 44.6 Å². The van der Waals surface area contributed by atoms with E-state index >= 15 is 0 Å². The predicted octanol–water partition coefficient (Wildman–Crippen LogP) is 1.84. The third-order valence-corrected chi connectivity index (χ3v) is 8.18. The zero-order chi connectivity index (χ0) is 21.3. The molecule has 29 heavy (non-hydrogen) atoms. The van der Waals surface area contributed by atoms with Gasteiger partial charge < -0.3 is 14.2 Å². The lowest BCUT2D eigenvalue weighted by Gasteiger charge is -2.33. The van der Waals surface area contributed by atoms with Crippen LogP contribution < -0.4 is 0 Å². The smallest absolute Gasteiger partial charge is 0.341 e. The van der Waals surface area contributed by atoms with Crippen LogP contribution in [-0.2, 0) is 26.6 Å². The second-order valence-corrected chi connectivity index (χ2v) is 9.76. The molecule has 1 atom stereocenters. The quantitative estimate of drug-likeness (QED) is 0.672. The maximum Gasteiger partial charge on any atom is 0.341 e. The number of piperidine rings is 1. The van der Waals surface area contributed by atoms with Crippen LogP contribution in [0.3, 0.4) is 0 Å². The van der Waals surface area contributed by atoms with Gasteiger partial charge in [-0.3, -0.25) is 4.79 Å². The van der Waals surface area contributed by atoms with Crippen molar-refractivity contribution in [3.05, 3.63) is 17.0 Å². The number of ether oxygens (including phenoxy) is 1. The van der Waals surface area contributed by atoms with Crippen molar-refractivity contribution in [1.29, 1.82) is 0 Å². The summed E-state index contributed by atoms with van der Waals surface area (Å²) in [4.78, 5) is 27.2. The van der Waals surface area contributed by atoms with Crippen LogP contribution in [0.2, 0.25) is 0 Å². The zero-order valence-corrected chi connectivity index (χ0v) is 18.5. The van der Waals surface area contributed by atoms with E-state index < -0.39 is 16.0 Å². The average molecular weight is 426 g/mol. The molecule has 2 fully saturated rings. The minimum Gasteiger partial charge on any atom is -0.462 e. The maximum absolute atomic E-state index is 13.6. The molecule has 1 aromatic heterocycles. The highest BCUT2D eigenvalue weighted by Crippen LogP contribution is 2.32. The van der Waals surface area contributed by atoms with E-state index in [0.717, 1.165) is 25.9 Å². The summed E-state index contributed by atoms with van der Waals surface area (Å²) in [6, 6.07) is 0. The fourth-order valence-corrected chi connectivity index (χ4v) is 6.37. The maximum atomic E-state index is 13.6. The highest BCUT2D eigenvalue weighted by molar-refractivity contribution is 7.89. The summed E-state index contributed by atoms with van der Waals surface area (Å²) < 4.78 is 35.4. The number of rotatable bonds is 5. The molecule has 3 heterocycles. The second kappa shape index (κ2) is 8.47. The van der Waals surface area contributed by atoms with E-state index in [1.54, 1.807) is 32.4 Å². The van der Waals surface area contributed by atoms with Crippen LogP contribution >= 0.6 is 0 Å². The van der Waals surface area contributed by atoms with Crippen LogP contribution in [0.5, 0.6) is 0 Å². The number of hydrogen-bond donors (Lipinski definition) is 0. The zero-order valence-electron chi connectivity index (χ0n) is 17.7. The number of nitrogens with zero attached hydrogens (tertiary/aromatic N) is 3. The lowest BCUT2D eigenvalue weighted by molar-refractivity contribution is -0.135. The van der Waals surface area contributed by atoms with Gasteiger partial charge >= 0.3 is 5.97 Å². The van der Waals surface area contributed by atoms with E-state index in [9.17, 15) is 18.0 Å². The molecule has 2 aliphatic rings. The number of amides is 1. The molecule has 0 saturated carbocycles. The minimum atomic E-state index is -3.94. The van der Waals surface area contributed by atoms with Gasteiger partial charge in [0.15, 0.2) is 0 Å². The number of sulfonamides is 1. The lowest BCUT2D eigenvalue weighted by atomic mass is 9.98. The number of likely N-dealkylation sites (tertiary alicyclic amines) is 1. The molecule has 8 nitrogen and oxygen atoms in total. The van der Waals surface area contributed by atoms with Gasteiger partial charge in [0.1, 0.15) is 10.5 Å². The Labute approximate surface area is 172 Å².